The molecule has 1 heterocycles. The summed E-state index contributed by atoms with van der Waals surface area (Å²) in [6, 6.07) is 18.9. The van der Waals surface area contributed by atoms with Crippen molar-refractivity contribution in [1.82, 2.24) is 4.98 Å². The fourth-order valence-electron chi connectivity index (χ4n) is 5.22. The van der Waals surface area contributed by atoms with Crippen LogP contribution in [0.25, 0.3) is 16.7 Å². The van der Waals surface area contributed by atoms with E-state index in [1.165, 1.54) is 12.1 Å². The van der Waals surface area contributed by atoms with Gasteiger partial charge in [-0.1, -0.05) is 30.3 Å². The molecule has 0 saturated heterocycles. The number of pyridine rings is 1. The molecule has 5 rings (SSSR count). The second-order valence-electron chi connectivity index (χ2n) is 9.75. The smallest absolute Gasteiger partial charge is 0.248 e. The molecule has 1 aliphatic rings. The number of phenols is 1. The lowest BCUT2D eigenvalue weighted by Gasteiger charge is -2.20. The summed E-state index contributed by atoms with van der Waals surface area (Å²) in [5, 5.41) is 9.93. The molecule has 1 amide bonds. The zero-order valence-corrected chi connectivity index (χ0v) is 21.0. The van der Waals surface area contributed by atoms with Crippen LogP contribution in [-0.4, -0.2) is 21.8 Å². The average molecular weight is 525 g/mol. The molecular weight excluding hydrogens is 498 g/mol. The van der Waals surface area contributed by atoms with E-state index in [0.29, 0.717) is 34.4 Å². The molecule has 0 bridgehead atoms. The van der Waals surface area contributed by atoms with Crippen LogP contribution in [0, 0.1) is 11.6 Å². The number of allylic oxidation sites excluding steroid dienone is 2. The van der Waals surface area contributed by atoms with Gasteiger partial charge < -0.3 is 10.8 Å². The number of fused-ring (bicyclic) bond motifs is 1. The Morgan fingerprint density at radius 3 is 2.51 bits per heavy atom. The van der Waals surface area contributed by atoms with E-state index >= 15 is 0 Å². The molecule has 0 radical (unpaired) electrons. The Bertz CT molecular complexity index is 1590. The first kappa shape index (κ1) is 26.0. The van der Waals surface area contributed by atoms with Gasteiger partial charge in [0.15, 0.2) is 0 Å². The van der Waals surface area contributed by atoms with Crippen LogP contribution in [0.1, 0.15) is 51.5 Å². The van der Waals surface area contributed by atoms with Crippen molar-refractivity contribution in [2.75, 3.05) is 0 Å². The second-order valence-corrected chi connectivity index (χ2v) is 9.75. The van der Waals surface area contributed by atoms with E-state index in [1.54, 1.807) is 42.6 Å². The van der Waals surface area contributed by atoms with Crippen LogP contribution in [0.15, 0.2) is 85.1 Å². The fourth-order valence-corrected chi connectivity index (χ4v) is 5.22. The van der Waals surface area contributed by atoms with Crippen molar-refractivity contribution in [2.24, 2.45) is 5.73 Å². The normalized spacial score (nSPS) is 13.0. The zero-order chi connectivity index (χ0) is 27.5. The summed E-state index contributed by atoms with van der Waals surface area (Å²) in [6.07, 6.45) is 4.69. The molecular formula is C32H26F2N2O3. The number of ketones is 1. The van der Waals surface area contributed by atoms with Crippen LogP contribution in [0.4, 0.5) is 8.78 Å². The number of aromatic hydroxyl groups is 1. The molecule has 0 fully saturated rings. The Balaban J connectivity index is 1.49. The first-order valence-electron chi connectivity index (χ1n) is 12.6. The number of hydrogen-bond acceptors (Lipinski definition) is 4. The number of rotatable bonds is 9. The van der Waals surface area contributed by atoms with Crippen molar-refractivity contribution in [2.45, 2.75) is 31.6 Å². The quantitative estimate of drug-likeness (QED) is 0.275. The number of amides is 1. The number of nitrogens with two attached hydrogens (primary N) is 1. The van der Waals surface area contributed by atoms with E-state index < -0.39 is 23.5 Å². The van der Waals surface area contributed by atoms with Crippen molar-refractivity contribution >= 4 is 17.3 Å². The summed E-state index contributed by atoms with van der Waals surface area (Å²) in [5.74, 6) is -2.40. The molecule has 1 aromatic heterocycles. The van der Waals surface area contributed by atoms with Crippen LogP contribution in [0.3, 0.4) is 0 Å². The van der Waals surface area contributed by atoms with Gasteiger partial charge in [-0.05, 0) is 83.1 Å². The highest BCUT2D eigenvalue weighted by molar-refractivity contribution is 5.94. The van der Waals surface area contributed by atoms with Crippen molar-refractivity contribution in [3.63, 3.8) is 0 Å². The minimum absolute atomic E-state index is 0.0678. The second kappa shape index (κ2) is 11.0. The Hall–Kier alpha value is -4.65. The van der Waals surface area contributed by atoms with Crippen LogP contribution in [0.5, 0.6) is 5.75 Å². The maximum atomic E-state index is 14.1. The minimum Gasteiger partial charge on any atom is -0.508 e. The minimum atomic E-state index is -0.696. The number of primary amides is 1. The van der Waals surface area contributed by atoms with Gasteiger partial charge >= 0.3 is 0 Å². The molecule has 0 saturated carbocycles. The fraction of sp³-hybridized carbons (Fsp3) is 0.156. The summed E-state index contributed by atoms with van der Waals surface area (Å²) in [7, 11) is 0. The molecule has 5 nitrogen and oxygen atoms in total. The number of carbonyl (C=O) groups is 2. The predicted molar refractivity (Wildman–Crippen MR) is 145 cm³/mol. The monoisotopic (exact) mass is 524 g/mol. The van der Waals surface area contributed by atoms with Crippen molar-refractivity contribution in [3.05, 3.63) is 125 Å². The molecule has 0 spiro atoms. The Labute approximate surface area is 224 Å². The third kappa shape index (κ3) is 5.93. The van der Waals surface area contributed by atoms with Gasteiger partial charge in [-0.3, -0.25) is 14.6 Å². The van der Waals surface area contributed by atoms with Gasteiger partial charge in [0.2, 0.25) is 5.91 Å². The molecule has 3 aromatic carbocycles. The lowest BCUT2D eigenvalue weighted by atomic mass is 9.85. The number of nitrogens with zero attached hydrogens (tertiary/aromatic N) is 1. The Morgan fingerprint density at radius 1 is 0.949 bits per heavy atom. The van der Waals surface area contributed by atoms with Gasteiger partial charge in [-0.15, -0.1) is 0 Å². The number of carbonyl (C=O) groups excluding carboxylic acids is 2. The maximum Gasteiger partial charge on any atom is 0.248 e. The number of halogens is 2. The first-order valence-corrected chi connectivity index (χ1v) is 12.6. The largest absolute Gasteiger partial charge is 0.508 e. The third-order valence-corrected chi connectivity index (χ3v) is 6.96. The summed E-state index contributed by atoms with van der Waals surface area (Å²) < 4.78 is 28.1. The van der Waals surface area contributed by atoms with Gasteiger partial charge in [-0.25, -0.2) is 8.78 Å². The molecule has 39 heavy (non-hydrogen) atoms. The van der Waals surface area contributed by atoms with Crippen LogP contribution in [-0.2, 0) is 17.6 Å². The van der Waals surface area contributed by atoms with Crippen LogP contribution < -0.4 is 5.73 Å². The molecule has 3 N–H and O–H groups in total. The average Bonchev–Trinajstić information content (AvgIpc) is 3.29. The number of benzene rings is 3. The molecule has 196 valence electrons. The van der Waals surface area contributed by atoms with Gasteiger partial charge in [0, 0.05) is 42.1 Å². The van der Waals surface area contributed by atoms with Crippen molar-refractivity contribution in [3.8, 4) is 16.9 Å². The number of Topliss-reactive ketones (excluding diaryl/α,β-unsaturated/α-hetero) is 1. The van der Waals surface area contributed by atoms with Crippen molar-refractivity contribution in [1.29, 1.82) is 0 Å². The highest BCUT2D eigenvalue weighted by Crippen LogP contribution is 2.36. The van der Waals surface area contributed by atoms with E-state index in [-0.39, 0.29) is 30.8 Å². The molecule has 0 aliphatic heterocycles. The number of aromatic nitrogens is 1. The van der Waals surface area contributed by atoms with E-state index in [9.17, 15) is 23.5 Å². The SMILES string of the molecule is NC(=O)c1cccc(-c2cccnc2[C@@H](CC(=O)CC2=CCc3ccc(O)cc32)Cc2cc(F)cc(F)c2)c1. The maximum absolute atomic E-state index is 14.1. The van der Waals surface area contributed by atoms with Crippen LogP contribution in [0.2, 0.25) is 0 Å². The van der Waals surface area contributed by atoms with E-state index in [4.69, 9.17) is 5.73 Å². The van der Waals surface area contributed by atoms with Gasteiger partial charge in [0.05, 0.1) is 5.69 Å². The number of phenolic OH excluding ortho intramolecular Hbond substituents is 1. The molecule has 1 atom stereocenters. The topological polar surface area (TPSA) is 93.3 Å². The van der Waals surface area contributed by atoms with Crippen LogP contribution >= 0.6 is 0 Å². The molecule has 1 aliphatic carbocycles. The standard InChI is InChI=1S/C32H26F2N2O3/c33-25-12-19(13-26(34)17-25)11-24(16-28(38)15-22-7-6-20-8-9-27(37)18-30(20)22)31-29(5-2-10-36-31)21-3-1-4-23(14-21)32(35)39/h1-5,7-10,12-14,17-18,24,37H,6,11,15-16H2,(H2,35,39)/t24-/m1/s1. The summed E-state index contributed by atoms with van der Waals surface area (Å²) in [5.41, 5.74) is 10.9. The van der Waals surface area contributed by atoms with E-state index in [0.717, 1.165) is 22.8 Å². The zero-order valence-electron chi connectivity index (χ0n) is 21.0. The molecule has 7 heteroatoms. The summed E-state index contributed by atoms with van der Waals surface area (Å²) >= 11 is 0. The number of hydrogen-bond donors (Lipinski definition) is 2. The molecule has 0 unspecified atom stereocenters. The molecule has 4 aromatic rings. The Morgan fingerprint density at radius 2 is 1.74 bits per heavy atom. The lowest BCUT2D eigenvalue weighted by molar-refractivity contribution is -0.118. The van der Waals surface area contributed by atoms with Gasteiger partial charge in [0.25, 0.3) is 0 Å². The summed E-state index contributed by atoms with van der Waals surface area (Å²) in [4.78, 5) is 29.8. The first-order chi connectivity index (χ1) is 18.8. The lowest BCUT2D eigenvalue weighted by Crippen LogP contribution is -2.14. The highest BCUT2D eigenvalue weighted by Gasteiger charge is 2.25. The Kier molecular flexibility index (Phi) is 7.32. The van der Waals surface area contributed by atoms with Gasteiger partial charge in [0.1, 0.15) is 23.2 Å². The summed E-state index contributed by atoms with van der Waals surface area (Å²) in [6.45, 7) is 0. The third-order valence-electron chi connectivity index (χ3n) is 6.96. The van der Waals surface area contributed by atoms with Gasteiger partial charge in [-0.2, -0.15) is 0 Å². The van der Waals surface area contributed by atoms with E-state index in [1.807, 2.05) is 24.3 Å². The predicted octanol–water partition coefficient (Wildman–Crippen LogP) is 6.15. The highest BCUT2D eigenvalue weighted by atomic mass is 19.1. The van der Waals surface area contributed by atoms with E-state index in [2.05, 4.69) is 4.98 Å². The van der Waals surface area contributed by atoms with Crippen molar-refractivity contribution < 1.29 is 23.5 Å².